The number of hydrogen-bond acceptors (Lipinski definition) is 7. The van der Waals surface area contributed by atoms with E-state index in [-0.39, 0.29) is 5.78 Å². The monoisotopic (exact) mass is 413 g/mol. The predicted octanol–water partition coefficient (Wildman–Crippen LogP) is 4.62. The molecule has 1 aromatic heterocycles. The highest BCUT2D eigenvalue weighted by atomic mass is 16.5. The van der Waals surface area contributed by atoms with Gasteiger partial charge in [0.25, 0.3) is 0 Å². The molecule has 7 nitrogen and oxygen atoms in total. The third-order valence-corrected chi connectivity index (χ3v) is 5.06. The van der Waals surface area contributed by atoms with Gasteiger partial charge in [0.05, 0.1) is 34.0 Å². The van der Waals surface area contributed by atoms with E-state index in [1.807, 2.05) is 0 Å². The second kappa shape index (κ2) is 8.98. The minimum absolute atomic E-state index is 0.205. The Bertz CT molecular complexity index is 1040. The third-order valence-electron chi connectivity index (χ3n) is 5.06. The number of furan rings is 1. The number of ketones is 1. The summed E-state index contributed by atoms with van der Waals surface area (Å²) in [6.07, 6.45) is 2.47. The van der Waals surface area contributed by atoms with Gasteiger partial charge in [-0.05, 0) is 30.7 Å². The van der Waals surface area contributed by atoms with Crippen molar-refractivity contribution in [3.05, 3.63) is 41.2 Å². The van der Waals surface area contributed by atoms with Gasteiger partial charge in [0.1, 0.15) is 17.2 Å². The van der Waals surface area contributed by atoms with Gasteiger partial charge in [-0.1, -0.05) is 13.3 Å². The van der Waals surface area contributed by atoms with Crippen LogP contribution in [0.2, 0.25) is 0 Å². The molecule has 0 bridgehead atoms. The van der Waals surface area contributed by atoms with E-state index >= 15 is 0 Å². The molecule has 2 N–H and O–H groups in total. The van der Waals surface area contributed by atoms with Gasteiger partial charge < -0.3 is 29.1 Å². The molecule has 1 heterocycles. The maximum Gasteiger partial charge on any atom is 0.203 e. The Kier molecular flexibility index (Phi) is 6.40. The lowest BCUT2D eigenvalue weighted by molar-refractivity contribution is 0.103. The zero-order chi connectivity index (χ0) is 21.8. The van der Waals surface area contributed by atoms with E-state index in [0.717, 1.165) is 12.8 Å². The number of carbonyl (C=O) groups excluding carboxylic acids is 1. The number of methoxy groups -OCH3 is 4. The Labute approximate surface area is 175 Å². The Morgan fingerprint density at radius 2 is 1.60 bits per heavy atom. The molecule has 0 aliphatic heterocycles. The maximum atomic E-state index is 13.6. The molecule has 0 aliphatic carbocycles. The summed E-state index contributed by atoms with van der Waals surface area (Å²) < 4.78 is 27.5. The number of aryl methyl sites for hydroxylation is 1. The van der Waals surface area contributed by atoms with Crippen LogP contribution in [0.5, 0.6) is 23.0 Å². The second-order valence-electron chi connectivity index (χ2n) is 6.81. The highest BCUT2D eigenvalue weighted by molar-refractivity contribution is 6.18. The van der Waals surface area contributed by atoms with Crippen LogP contribution in [-0.4, -0.2) is 34.2 Å². The smallest absolute Gasteiger partial charge is 0.203 e. The fraction of sp³-hybridized carbons (Fsp3) is 0.348. The van der Waals surface area contributed by atoms with Crippen LogP contribution < -0.4 is 24.7 Å². The predicted molar refractivity (Wildman–Crippen MR) is 115 cm³/mol. The van der Waals surface area contributed by atoms with Crippen LogP contribution in [0.4, 0.5) is 5.69 Å². The van der Waals surface area contributed by atoms with Gasteiger partial charge in [-0.3, -0.25) is 4.79 Å². The van der Waals surface area contributed by atoms with Crippen molar-refractivity contribution in [2.75, 3.05) is 34.2 Å². The molecule has 160 valence electrons. The first kappa shape index (κ1) is 21.4. The van der Waals surface area contributed by atoms with Crippen molar-refractivity contribution >= 4 is 22.4 Å². The molecular formula is C23H27NO6. The maximum absolute atomic E-state index is 13.6. The normalized spacial score (nSPS) is 10.8. The Morgan fingerprint density at radius 1 is 0.967 bits per heavy atom. The SMILES string of the molecule is CCCCc1oc2c(N)c(OC)ccc2c1C(=O)c1cc(OC)c(OC)c(OC)c1. The van der Waals surface area contributed by atoms with E-state index in [1.54, 1.807) is 31.4 Å². The van der Waals surface area contributed by atoms with Crippen LogP contribution in [0.25, 0.3) is 11.0 Å². The number of anilines is 1. The Morgan fingerprint density at radius 3 is 2.13 bits per heavy atom. The first-order valence-electron chi connectivity index (χ1n) is 9.73. The van der Waals surface area contributed by atoms with Gasteiger partial charge in [-0.25, -0.2) is 0 Å². The molecule has 30 heavy (non-hydrogen) atoms. The number of hydrogen-bond donors (Lipinski definition) is 1. The van der Waals surface area contributed by atoms with Crippen molar-refractivity contribution in [2.24, 2.45) is 0 Å². The zero-order valence-electron chi connectivity index (χ0n) is 18.0. The molecule has 7 heteroatoms. The number of carbonyl (C=O) groups is 1. The van der Waals surface area contributed by atoms with E-state index < -0.39 is 0 Å². The van der Waals surface area contributed by atoms with Crippen LogP contribution in [-0.2, 0) is 6.42 Å². The van der Waals surface area contributed by atoms with Crippen LogP contribution in [0.15, 0.2) is 28.7 Å². The fourth-order valence-electron chi connectivity index (χ4n) is 3.51. The molecule has 0 amide bonds. The van der Waals surface area contributed by atoms with Gasteiger partial charge in [0.2, 0.25) is 5.75 Å². The number of benzene rings is 2. The topological polar surface area (TPSA) is 93.2 Å². The largest absolute Gasteiger partial charge is 0.494 e. The lowest BCUT2D eigenvalue weighted by Crippen LogP contribution is -2.06. The van der Waals surface area contributed by atoms with E-state index in [9.17, 15) is 4.79 Å². The first-order chi connectivity index (χ1) is 14.5. The highest BCUT2D eigenvalue weighted by Crippen LogP contribution is 2.41. The third kappa shape index (κ3) is 3.63. The van der Waals surface area contributed by atoms with Crippen LogP contribution >= 0.6 is 0 Å². The molecule has 0 spiro atoms. The molecule has 3 rings (SSSR count). The summed E-state index contributed by atoms with van der Waals surface area (Å²) in [7, 11) is 6.09. The average molecular weight is 413 g/mol. The highest BCUT2D eigenvalue weighted by Gasteiger charge is 2.26. The van der Waals surface area contributed by atoms with Crippen molar-refractivity contribution in [1.82, 2.24) is 0 Å². The summed E-state index contributed by atoms with van der Waals surface area (Å²) in [6.45, 7) is 2.08. The number of nitrogen functional groups attached to an aromatic ring is 1. The summed E-state index contributed by atoms with van der Waals surface area (Å²) in [6, 6.07) is 6.81. The summed E-state index contributed by atoms with van der Waals surface area (Å²) in [5.41, 5.74) is 7.94. The van der Waals surface area contributed by atoms with Gasteiger partial charge in [0.15, 0.2) is 22.9 Å². The van der Waals surface area contributed by atoms with E-state index in [1.165, 1.54) is 21.3 Å². The standard InChI is InChI=1S/C23H27NO6/c1-6-7-8-15-19(14-9-10-16(26-2)20(24)22(14)30-15)21(25)13-11-17(27-3)23(29-5)18(12-13)28-4/h9-12H,6-8,24H2,1-5H3. The minimum Gasteiger partial charge on any atom is -0.494 e. The van der Waals surface area contributed by atoms with Gasteiger partial charge in [-0.15, -0.1) is 0 Å². The molecule has 0 radical (unpaired) electrons. The second-order valence-corrected chi connectivity index (χ2v) is 6.81. The summed E-state index contributed by atoms with van der Waals surface area (Å²) in [5.74, 6) is 2.14. The zero-order valence-corrected chi connectivity index (χ0v) is 18.0. The lowest BCUT2D eigenvalue weighted by atomic mass is 9.97. The molecule has 3 aromatic rings. The Balaban J connectivity index is 2.22. The van der Waals surface area contributed by atoms with Crippen molar-refractivity contribution < 1.29 is 28.2 Å². The van der Waals surface area contributed by atoms with Crippen molar-refractivity contribution in [2.45, 2.75) is 26.2 Å². The molecular weight excluding hydrogens is 386 g/mol. The first-order valence-corrected chi connectivity index (χ1v) is 9.73. The molecule has 0 unspecified atom stereocenters. The number of rotatable bonds is 9. The summed E-state index contributed by atoms with van der Waals surface area (Å²) in [4.78, 5) is 13.6. The number of nitrogens with two attached hydrogens (primary N) is 1. The molecule has 0 saturated carbocycles. The van der Waals surface area contributed by atoms with Crippen molar-refractivity contribution in [3.8, 4) is 23.0 Å². The van der Waals surface area contributed by atoms with E-state index in [0.29, 0.717) is 63.0 Å². The van der Waals surface area contributed by atoms with E-state index in [2.05, 4.69) is 6.92 Å². The van der Waals surface area contributed by atoms with Crippen LogP contribution in [0.1, 0.15) is 41.4 Å². The average Bonchev–Trinajstić information content (AvgIpc) is 3.15. The molecule has 0 atom stereocenters. The fourth-order valence-corrected chi connectivity index (χ4v) is 3.51. The van der Waals surface area contributed by atoms with Crippen molar-refractivity contribution in [1.29, 1.82) is 0 Å². The van der Waals surface area contributed by atoms with Crippen LogP contribution in [0, 0.1) is 0 Å². The van der Waals surface area contributed by atoms with Gasteiger partial charge in [-0.2, -0.15) is 0 Å². The number of unbranched alkanes of at least 4 members (excludes halogenated alkanes) is 1. The van der Waals surface area contributed by atoms with E-state index in [4.69, 9.17) is 29.1 Å². The molecule has 0 fully saturated rings. The summed E-state index contributed by atoms with van der Waals surface area (Å²) in [5, 5.41) is 0.651. The quantitative estimate of drug-likeness (QED) is 0.404. The van der Waals surface area contributed by atoms with Crippen LogP contribution in [0.3, 0.4) is 0 Å². The number of fused-ring (bicyclic) bond motifs is 1. The summed E-state index contributed by atoms with van der Waals surface area (Å²) >= 11 is 0. The molecule has 0 aliphatic rings. The molecule has 0 saturated heterocycles. The minimum atomic E-state index is -0.205. The lowest BCUT2D eigenvalue weighted by Gasteiger charge is -2.14. The van der Waals surface area contributed by atoms with Gasteiger partial charge in [0, 0.05) is 17.4 Å². The number of ether oxygens (including phenoxy) is 4. The molecule has 2 aromatic carbocycles. The van der Waals surface area contributed by atoms with Gasteiger partial charge >= 0.3 is 0 Å². The van der Waals surface area contributed by atoms with Crippen molar-refractivity contribution in [3.63, 3.8) is 0 Å². The Hall–Kier alpha value is -3.35.